The third-order valence-corrected chi connectivity index (χ3v) is 2.11. The highest BCUT2D eigenvalue weighted by Crippen LogP contribution is 2.19. The summed E-state index contributed by atoms with van der Waals surface area (Å²) in [6.45, 7) is 1.38. The molecule has 0 aliphatic rings. The molecule has 0 radical (unpaired) electrons. The molecule has 17 heavy (non-hydrogen) atoms. The second kappa shape index (κ2) is 5.53. The van der Waals surface area contributed by atoms with Crippen LogP contribution in [0.15, 0.2) is 11.0 Å². The van der Waals surface area contributed by atoms with Gasteiger partial charge in [0.2, 0.25) is 0 Å². The van der Waals surface area contributed by atoms with Gasteiger partial charge < -0.3 is 15.5 Å². The minimum absolute atomic E-state index is 0.00616. The maximum Gasteiger partial charge on any atom is 0.355 e. The van der Waals surface area contributed by atoms with Gasteiger partial charge in [-0.05, 0) is 6.92 Å². The molecule has 1 heterocycles. The van der Waals surface area contributed by atoms with Gasteiger partial charge in [0, 0.05) is 18.3 Å². The first-order valence-electron chi connectivity index (χ1n) is 4.92. The Morgan fingerprint density at radius 2 is 2.24 bits per heavy atom. The SMILES string of the molecule is CCOC(=O)c1[nH]cc(CN)c(=O)c1C(F)F. The molecule has 0 spiro atoms. The lowest BCUT2D eigenvalue weighted by molar-refractivity contribution is 0.0507. The maximum atomic E-state index is 12.7. The molecule has 1 aromatic heterocycles. The fourth-order valence-electron chi connectivity index (χ4n) is 1.32. The Morgan fingerprint density at radius 3 is 2.71 bits per heavy atom. The predicted molar refractivity (Wildman–Crippen MR) is 55.9 cm³/mol. The summed E-state index contributed by atoms with van der Waals surface area (Å²) >= 11 is 0. The normalized spacial score (nSPS) is 10.6. The zero-order valence-electron chi connectivity index (χ0n) is 9.13. The van der Waals surface area contributed by atoms with Crippen molar-refractivity contribution in [1.29, 1.82) is 0 Å². The minimum atomic E-state index is -3.07. The van der Waals surface area contributed by atoms with E-state index in [2.05, 4.69) is 9.72 Å². The second-order valence-corrected chi connectivity index (χ2v) is 3.16. The molecular weight excluding hydrogens is 234 g/mol. The summed E-state index contributed by atoms with van der Waals surface area (Å²) in [6.07, 6.45) is -1.93. The summed E-state index contributed by atoms with van der Waals surface area (Å²) in [7, 11) is 0. The van der Waals surface area contributed by atoms with Gasteiger partial charge in [0.15, 0.2) is 5.43 Å². The molecule has 7 heteroatoms. The average molecular weight is 246 g/mol. The van der Waals surface area contributed by atoms with Crippen LogP contribution in [0, 0.1) is 0 Å². The number of aromatic amines is 1. The van der Waals surface area contributed by atoms with Crippen LogP contribution < -0.4 is 11.2 Å². The molecule has 0 aliphatic heterocycles. The van der Waals surface area contributed by atoms with Crippen molar-refractivity contribution in [3.05, 3.63) is 33.2 Å². The zero-order chi connectivity index (χ0) is 13.0. The smallest absolute Gasteiger partial charge is 0.355 e. The van der Waals surface area contributed by atoms with E-state index < -0.39 is 29.1 Å². The lowest BCUT2D eigenvalue weighted by Gasteiger charge is -2.08. The number of pyridine rings is 1. The number of ether oxygens (including phenoxy) is 1. The summed E-state index contributed by atoms with van der Waals surface area (Å²) in [5.74, 6) is -0.983. The van der Waals surface area contributed by atoms with Crippen LogP contribution in [0.1, 0.15) is 35.0 Å². The molecule has 0 atom stereocenters. The van der Waals surface area contributed by atoms with Crippen molar-refractivity contribution in [1.82, 2.24) is 4.98 Å². The number of rotatable bonds is 4. The van der Waals surface area contributed by atoms with E-state index in [-0.39, 0.29) is 18.7 Å². The first-order chi connectivity index (χ1) is 8.02. The van der Waals surface area contributed by atoms with Crippen LogP contribution in [0.4, 0.5) is 8.78 Å². The Bertz CT molecular complexity index is 471. The van der Waals surface area contributed by atoms with Crippen molar-refractivity contribution in [3.8, 4) is 0 Å². The summed E-state index contributed by atoms with van der Waals surface area (Å²) in [4.78, 5) is 25.3. The number of nitrogens with one attached hydrogen (secondary N) is 1. The Kier molecular flexibility index (Phi) is 4.33. The Labute approximate surface area is 95.6 Å². The number of nitrogens with two attached hydrogens (primary N) is 1. The molecule has 0 amide bonds. The molecule has 1 aromatic rings. The van der Waals surface area contributed by atoms with Gasteiger partial charge in [0.25, 0.3) is 6.43 Å². The highest BCUT2D eigenvalue weighted by molar-refractivity contribution is 5.89. The van der Waals surface area contributed by atoms with Gasteiger partial charge in [-0.3, -0.25) is 4.79 Å². The van der Waals surface area contributed by atoms with Crippen LogP contribution in [-0.2, 0) is 11.3 Å². The molecule has 0 aliphatic carbocycles. The van der Waals surface area contributed by atoms with Crippen molar-refractivity contribution in [2.75, 3.05) is 6.61 Å². The van der Waals surface area contributed by atoms with Crippen LogP contribution in [0.3, 0.4) is 0 Å². The van der Waals surface area contributed by atoms with Gasteiger partial charge in [-0.2, -0.15) is 0 Å². The number of aromatic nitrogens is 1. The molecule has 94 valence electrons. The molecular formula is C10H12F2N2O3. The molecule has 0 saturated carbocycles. The number of H-pyrrole nitrogens is 1. The summed E-state index contributed by atoms with van der Waals surface area (Å²) in [6, 6.07) is 0. The van der Waals surface area contributed by atoms with Crippen LogP contribution >= 0.6 is 0 Å². The number of alkyl halides is 2. The molecule has 0 unspecified atom stereocenters. The van der Waals surface area contributed by atoms with Crippen LogP contribution in [0.2, 0.25) is 0 Å². The summed E-state index contributed by atoms with van der Waals surface area (Å²) < 4.78 is 30.0. The first kappa shape index (κ1) is 13.3. The van der Waals surface area contributed by atoms with E-state index in [4.69, 9.17) is 5.73 Å². The molecule has 0 saturated heterocycles. The van der Waals surface area contributed by atoms with E-state index in [1.807, 2.05) is 0 Å². The average Bonchev–Trinajstić information content (AvgIpc) is 2.28. The van der Waals surface area contributed by atoms with Crippen molar-refractivity contribution in [2.45, 2.75) is 19.9 Å². The third-order valence-electron chi connectivity index (χ3n) is 2.11. The van der Waals surface area contributed by atoms with Gasteiger partial charge in [-0.25, -0.2) is 13.6 Å². The van der Waals surface area contributed by atoms with Gasteiger partial charge in [0.05, 0.1) is 12.2 Å². The maximum absolute atomic E-state index is 12.7. The van der Waals surface area contributed by atoms with Gasteiger partial charge in [-0.15, -0.1) is 0 Å². The number of carbonyl (C=O) groups excluding carboxylic acids is 1. The number of hydrogen-bond acceptors (Lipinski definition) is 4. The fraction of sp³-hybridized carbons (Fsp3) is 0.400. The minimum Gasteiger partial charge on any atom is -0.461 e. The lowest BCUT2D eigenvalue weighted by atomic mass is 10.1. The molecule has 1 rings (SSSR count). The topological polar surface area (TPSA) is 85.2 Å². The zero-order valence-corrected chi connectivity index (χ0v) is 9.13. The Morgan fingerprint density at radius 1 is 1.59 bits per heavy atom. The summed E-state index contributed by atoms with van der Waals surface area (Å²) in [5.41, 5.74) is 2.87. The predicted octanol–water partition coefficient (Wildman–Crippen LogP) is 0.948. The van der Waals surface area contributed by atoms with Gasteiger partial charge in [-0.1, -0.05) is 0 Å². The summed E-state index contributed by atoms with van der Waals surface area (Å²) in [5, 5.41) is 0. The molecule has 0 bridgehead atoms. The van der Waals surface area contributed by atoms with E-state index >= 15 is 0 Å². The van der Waals surface area contributed by atoms with E-state index in [0.29, 0.717) is 0 Å². The number of carbonyl (C=O) groups is 1. The third kappa shape index (κ3) is 2.68. The second-order valence-electron chi connectivity index (χ2n) is 3.16. The van der Waals surface area contributed by atoms with E-state index in [0.717, 1.165) is 6.20 Å². The van der Waals surface area contributed by atoms with Gasteiger partial charge >= 0.3 is 5.97 Å². The highest BCUT2D eigenvalue weighted by atomic mass is 19.3. The highest BCUT2D eigenvalue weighted by Gasteiger charge is 2.24. The van der Waals surface area contributed by atoms with Crippen molar-refractivity contribution in [3.63, 3.8) is 0 Å². The van der Waals surface area contributed by atoms with E-state index in [1.54, 1.807) is 0 Å². The Hall–Kier alpha value is -1.76. The van der Waals surface area contributed by atoms with Crippen molar-refractivity contribution < 1.29 is 18.3 Å². The van der Waals surface area contributed by atoms with Crippen molar-refractivity contribution >= 4 is 5.97 Å². The van der Waals surface area contributed by atoms with Crippen LogP contribution in [0.5, 0.6) is 0 Å². The lowest BCUT2D eigenvalue weighted by Crippen LogP contribution is -2.24. The van der Waals surface area contributed by atoms with Crippen molar-refractivity contribution in [2.24, 2.45) is 5.73 Å². The standard InChI is InChI=1S/C10H12F2N2O3/c1-2-17-10(16)7-6(9(11)12)8(15)5(3-13)4-14-7/h4,9H,2-3,13H2,1H3,(H,14,15). The number of esters is 1. The quantitative estimate of drug-likeness (QED) is 0.774. The van der Waals surface area contributed by atoms with Gasteiger partial charge in [0.1, 0.15) is 5.69 Å². The molecule has 3 N–H and O–H groups in total. The number of halogens is 2. The fourth-order valence-corrected chi connectivity index (χ4v) is 1.32. The number of hydrogen-bond donors (Lipinski definition) is 2. The van der Waals surface area contributed by atoms with E-state index in [9.17, 15) is 18.4 Å². The van der Waals surface area contributed by atoms with Crippen LogP contribution in [0.25, 0.3) is 0 Å². The van der Waals surface area contributed by atoms with E-state index in [1.165, 1.54) is 6.92 Å². The Balaban J connectivity index is 3.36. The largest absolute Gasteiger partial charge is 0.461 e. The molecule has 0 aromatic carbocycles. The molecule has 0 fully saturated rings. The van der Waals surface area contributed by atoms with Crippen LogP contribution in [-0.4, -0.2) is 17.6 Å². The molecule has 5 nitrogen and oxygen atoms in total. The monoisotopic (exact) mass is 246 g/mol. The first-order valence-corrected chi connectivity index (χ1v) is 4.92.